The van der Waals surface area contributed by atoms with Crippen LogP contribution < -0.4 is 5.73 Å². The smallest absolute Gasteiger partial charge is 0.226 e. The Hall–Kier alpha value is -1.55. The molecule has 1 heterocycles. The Morgan fingerprint density at radius 2 is 2.16 bits per heavy atom. The van der Waals surface area contributed by atoms with Gasteiger partial charge in [0, 0.05) is 19.1 Å². The molecule has 0 spiro atoms. The second-order valence-corrected chi connectivity index (χ2v) is 5.42. The number of nitrogens with zero attached hydrogens (tertiary/aromatic N) is 1. The van der Waals surface area contributed by atoms with Crippen LogP contribution in [0.5, 0.6) is 5.75 Å². The van der Waals surface area contributed by atoms with Crippen molar-refractivity contribution < 1.29 is 9.90 Å². The lowest BCUT2D eigenvalue weighted by Gasteiger charge is -2.33. The zero-order valence-corrected chi connectivity index (χ0v) is 11.4. The van der Waals surface area contributed by atoms with Gasteiger partial charge in [-0.3, -0.25) is 4.79 Å². The van der Waals surface area contributed by atoms with Crippen molar-refractivity contribution in [2.75, 3.05) is 13.1 Å². The average Bonchev–Trinajstić information content (AvgIpc) is 2.39. The Bertz CT molecular complexity index is 438. The van der Waals surface area contributed by atoms with Crippen LogP contribution in [0, 0.1) is 5.92 Å². The van der Waals surface area contributed by atoms with Gasteiger partial charge in [0.1, 0.15) is 5.75 Å². The topological polar surface area (TPSA) is 66.6 Å². The minimum absolute atomic E-state index is 0.133. The highest BCUT2D eigenvalue weighted by Crippen LogP contribution is 2.20. The second-order valence-electron chi connectivity index (χ2n) is 5.42. The van der Waals surface area contributed by atoms with Crippen LogP contribution >= 0.6 is 0 Å². The Kier molecular flexibility index (Phi) is 4.43. The molecule has 1 amide bonds. The molecule has 1 unspecified atom stereocenters. The summed E-state index contributed by atoms with van der Waals surface area (Å²) in [6.07, 6.45) is 2.34. The maximum absolute atomic E-state index is 12.2. The van der Waals surface area contributed by atoms with E-state index in [-0.39, 0.29) is 17.7 Å². The second kappa shape index (κ2) is 6.06. The van der Waals surface area contributed by atoms with Gasteiger partial charge in [-0.1, -0.05) is 12.1 Å². The Morgan fingerprint density at radius 3 is 2.74 bits per heavy atom. The number of piperidine rings is 1. The normalized spacial score (nSPS) is 18.3. The molecule has 104 valence electrons. The van der Waals surface area contributed by atoms with Crippen LogP contribution in [-0.4, -0.2) is 35.0 Å². The van der Waals surface area contributed by atoms with Crippen molar-refractivity contribution in [1.82, 2.24) is 4.90 Å². The van der Waals surface area contributed by atoms with Gasteiger partial charge in [-0.15, -0.1) is 0 Å². The number of phenolic OH excluding ortho intramolecular Hbond substituents is 1. The molecule has 0 aliphatic carbocycles. The number of hydrogen-bond acceptors (Lipinski definition) is 3. The minimum atomic E-state index is 0.133. The molecule has 19 heavy (non-hydrogen) atoms. The van der Waals surface area contributed by atoms with Gasteiger partial charge in [-0.25, -0.2) is 0 Å². The number of nitrogens with two attached hydrogens (primary N) is 1. The number of benzene rings is 1. The van der Waals surface area contributed by atoms with Crippen molar-refractivity contribution in [3.05, 3.63) is 29.8 Å². The highest BCUT2D eigenvalue weighted by Gasteiger charge is 2.24. The minimum Gasteiger partial charge on any atom is -0.508 e. The van der Waals surface area contributed by atoms with Crippen molar-refractivity contribution >= 4 is 5.91 Å². The summed E-state index contributed by atoms with van der Waals surface area (Å²) in [6.45, 7) is 3.63. The van der Waals surface area contributed by atoms with Crippen LogP contribution in [-0.2, 0) is 11.2 Å². The third-order valence-electron chi connectivity index (χ3n) is 3.90. The standard InChI is InChI=1S/C15H22N2O2/c1-11(16)13-5-7-17(8-6-13)15(19)10-12-3-2-4-14(18)9-12/h2-4,9,11,13,18H,5-8,10,16H2,1H3. The van der Waals surface area contributed by atoms with Crippen LogP contribution in [0.3, 0.4) is 0 Å². The summed E-state index contributed by atoms with van der Waals surface area (Å²) in [5.74, 6) is 0.875. The Morgan fingerprint density at radius 1 is 1.47 bits per heavy atom. The van der Waals surface area contributed by atoms with E-state index in [1.165, 1.54) is 0 Å². The third kappa shape index (κ3) is 3.70. The fourth-order valence-corrected chi connectivity index (χ4v) is 2.63. The number of aromatic hydroxyl groups is 1. The molecule has 4 nitrogen and oxygen atoms in total. The summed E-state index contributed by atoms with van der Waals surface area (Å²) < 4.78 is 0. The summed E-state index contributed by atoms with van der Waals surface area (Å²) in [4.78, 5) is 14.1. The molecule has 1 saturated heterocycles. The molecule has 1 aliphatic rings. The molecule has 1 aromatic rings. The number of carbonyl (C=O) groups excluding carboxylic acids is 1. The van der Waals surface area contributed by atoms with E-state index in [0.717, 1.165) is 31.5 Å². The van der Waals surface area contributed by atoms with Gasteiger partial charge in [-0.05, 0) is 43.4 Å². The molecule has 0 radical (unpaired) electrons. The number of hydrogen-bond donors (Lipinski definition) is 2. The van der Waals surface area contributed by atoms with E-state index in [2.05, 4.69) is 0 Å². The molecule has 0 bridgehead atoms. The van der Waals surface area contributed by atoms with Crippen LogP contribution in [0.25, 0.3) is 0 Å². The summed E-state index contributed by atoms with van der Waals surface area (Å²) in [5, 5.41) is 9.39. The molecule has 1 aromatic carbocycles. The molecule has 4 heteroatoms. The quantitative estimate of drug-likeness (QED) is 0.868. The van der Waals surface area contributed by atoms with Crippen molar-refractivity contribution in [1.29, 1.82) is 0 Å². The van der Waals surface area contributed by atoms with Gasteiger partial charge in [0.25, 0.3) is 0 Å². The fourth-order valence-electron chi connectivity index (χ4n) is 2.63. The van der Waals surface area contributed by atoms with Crippen LogP contribution in [0.15, 0.2) is 24.3 Å². The van der Waals surface area contributed by atoms with Crippen molar-refractivity contribution in [2.45, 2.75) is 32.2 Å². The molecule has 1 aliphatic heterocycles. The van der Waals surface area contributed by atoms with Crippen molar-refractivity contribution in [2.24, 2.45) is 11.7 Å². The summed E-state index contributed by atoms with van der Waals surface area (Å²) >= 11 is 0. The van der Waals surface area contributed by atoms with Crippen molar-refractivity contribution in [3.8, 4) is 5.75 Å². The first kappa shape index (κ1) is 13.9. The summed E-state index contributed by atoms with van der Waals surface area (Å²) in [6, 6.07) is 7.10. The van der Waals surface area contributed by atoms with E-state index in [0.29, 0.717) is 12.3 Å². The number of amides is 1. The van der Waals surface area contributed by atoms with Gasteiger partial charge in [-0.2, -0.15) is 0 Å². The largest absolute Gasteiger partial charge is 0.508 e. The first-order chi connectivity index (χ1) is 9.06. The lowest BCUT2D eigenvalue weighted by atomic mass is 9.91. The SMILES string of the molecule is CC(N)C1CCN(C(=O)Cc2cccc(O)c2)CC1. The molecular formula is C15H22N2O2. The molecule has 2 rings (SSSR count). The molecule has 1 atom stereocenters. The monoisotopic (exact) mass is 262 g/mol. The van der Waals surface area contributed by atoms with Crippen LogP contribution in [0.4, 0.5) is 0 Å². The number of phenols is 1. The Balaban J connectivity index is 1.88. The maximum atomic E-state index is 12.2. The van der Waals surface area contributed by atoms with E-state index in [9.17, 15) is 9.90 Å². The van der Waals surface area contributed by atoms with E-state index >= 15 is 0 Å². The molecular weight excluding hydrogens is 240 g/mol. The number of likely N-dealkylation sites (tertiary alicyclic amines) is 1. The molecule has 0 saturated carbocycles. The third-order valence-corrected chi connectivity index (χ3v) is 3.90. The van der Waals surface area contributed by atoms with Gasteiger partial charge < -0.3 is 15.7 Å². The maximum Gasteiger partial charge on any atom is 0.226 e. The number of carbonyl (C=O) groups is 1. The van der Waals surface area contributed by atoms with Crippen LogP contribution in [0.1, 0.15) is 25.3 Å². The highest BCUT2D eigenvalue weighted by molar-refractivity contribution is 5.79. The van der Waals surface area contributed by atoms with E-state index < -0.39 is 0 Å². The van der Waals surface area contributed by atoms with Gasteiger partial charge in [0.2, 0.25) is 5.91 Å². The van der Waals surface area contributed by atoms with Gasteiger partial charge in [0.05, 0.1) is 6.42 Å². The number of rotatable bonds is 3. The predicted octanol–water partition coefficient (Wildman–Crippen LogP) is 1.52. The Labute approximate surface area is 114 Å². The first-order valence-electron chi connectivity index (χ1n) is 6.87. The average molecular weight is 262 g/mol. The summed E-state index contributed by atoms with van der Waals surface area (Å²) in [5.41, 5.74) is 6.76. The lowest BCUT2D eigenvalue weighted by molar-refractivity contribution is -0.131. The molecule has 1 fully saturated rings. The van der Waals surface area contributed by atoms with Crippen molar-refractivity contribution in [3.63, 3.8) is 0 Å². The fraction of sp³-hybridized carbons (Fsp3) is 0.533. The summed E-state index contributed by atoms with van der Waals surface area (Å²) in [7, 11) is 0. The molecule has 0 aromatic heterocycles. The predicted molar refractivity (Wildman–Crippen MR) is 74.8 cm³/mol. The van der Waals surface area contributed by atoms with Gasteiger partial charge >= 0.3 is 0 Å². The van der Waals surface area contributed by atoms with E-state index in [4.69, 9.17) is 5.73 Å². The highest BCUT2D eigenvalue weighted by atomic mass is 16.3. The zero-order valence-electron chi connectivity index (χ0n) is 11.4. The van der Waals surface area contributed by atoms with Gasteiger partial charge in [0.15, 0.2) is 0 Å². The lowest BCUT2D eigenvalue weighted by Crippen LogP contribution is -2.43. The van der Waals surface area contributed by atoms with E-state index in [1.807, 2.05) is 17.9 Å². The molecule has 3 N–H and O–H groups in total. The van der Waals surface area contributed by atoms with E-state index in [1.54, 1.807) is 18.2 Å². The van der Waals surface area contributed by atoms with Crippen LogP contribution in [0.2, 0.25) is 0 Å². The first-order valence-corrected chi connectivity index (χ1v) is 6.87. The zero-order chi connectivity index (χ0) is 13.8.